The minimum Gasteiger partial charge on any atom is -0.379 e. The fraction of sp³-hybridized carbons (Fsp3) is 0.769. The van der Waals surface area contributed by atoms with Crippen LogP contribution in [0.4, 0.5) is 5.82 Å². The van der Waals surface area contributed by atoms with Crippen LogP contribution in [0.1, 0.15) is 39.3 Å². The van der Waals surface area contributed by atoms with Crippen molar-refractivity contribution < 1.29 is 4.74 Å². The standard InChI is InChI=1S/C13H23N3O/c1-13(2,3)11-8-12(15-16(11)4)14-10-6-5-7-17-9-10/h8,10H,5-7,9H2,1-4H3,(H,14,15). The summed E-state index contributed by atoms with van der Waals surface area (Å²) in [5.74, 6) is 0.966. The van der Waals surface area contributed by atoms with Gasteiger partial charge in [-0.15, -0.1) is 0 Å². The van der Waals surface area contributed by atoms with Gasteiger partial charge in [-0.25, -0.2) is 0 Å². The van der Waals surface area contributed by atoms with Crippen LogP contribution in [0.25, 0.3) is 0 Å². The summed E-state index contributed by atoms with van der Waals surface area (Å²) in [5.41, 5.74) is 1.38. The average Bonchev–Trinajstić information content (AvgIpc) is 2.60. The first-order chi connectivity index (χ1) is 7.97. The Morgan fingerprint density at radius 3 is 2.76 bits per heavy atom. The zero-order valence-corrected chi connectivity index (χ0v) is 11.3. The molecule has 1 unspecified atom stereocenters. The second-order valence-electron chi connectivity index (χ2n) is 5.85. The minimum atomic E-state index is 0.130. The highest BCUT2D eigenvalue weighted by Crippen LogP contribution is 2.24. The van der Waals surface area contributed by atoms with E-state index in [0.29, 0.717) is 6.04 Å². The second-order valence-corrected chi connectivity index (χ2v) is 5.85. The van der Waals surface area contributed by atoms with Gasteiger partial charge in [0.2, 0.25) is 0 Å². The predicted octanol–water partition coefficient (Wildman–Crippen LogP) is 2.31. The molecule has 0 saturated carbocycles. The largest absolute Gasteiger partial charge is 0.379 e. The first-order valence-corrected chi connectivity index (χ1v) is 6.35. The zero-order chi connectivity index (χ0) is 12.5. The van der Waals surface area contributed by atoms with E-state index >= 15 is 0 Å². The van der Waals surface area contributed by atoms with E-state index in [0.717, 1.165) is 25.5 Å². The van der Waals surface area contributed by atoms with Crippen LogP contribution >= 0.6 is 0 Å². The van der Waals surface area contributed by atoms with E-state index in [1.54, 1.807) is 0 Å². The van der Waals surface area contributed by atoms with Gasteiger partial charge in [0.1, 0.15) is 5.82 Å². The number of rotatable bonds is 2. The maximum Gasteiger partial charge on any atom is 0.148 e. The summed E-state index contributed by atoms with van der Waals surface area (Å²) in [5, 5.41) is 7.98. The fourth-order valence-electron chi connectivity index (χ4n) is 2.30. The van der Waals surface area contributed by atoms with Crippen LogP contribution in [0.5, 0.6) is 0 Å². The van der Waals surface area contributed by atoms with Crippen molar-refractivity contribution >= 4 is 5.82 Å². The Bertz CT molecular complexity index is 373. The molecule has 0 aliphatic carbocycles. The summed E-state index contributed by atoms with van der Waals surface area (Å²) >= 11 is 0. The quantitative estimate of drug-likeness (QED) is 0.858. The number of anilines is 1. The summed E-state index contributed by atoms with van der Waals surface area (Å²) < 4.78 is 7.43. The smallest absolute Gasteiger partial charge is 0.148 e. The minimum absolute atomic E-state index is 0.130. The Hall–Kier alpha value is -1.03. The Kier molecular flexibility index (Phi) is 3.43. The van der Waals surface area contributed by atoms with E-state index in [2.05, 4.69) is 37.3 Å². The summed E-state index contributed by atoms with van der Waals surface area (Å²) in [4.78, 5) is 0. The Morgan fingerprint density at radius 2 is 2.24 bits per heavy atom. The summed E-state index contributed by atoms with van der Waals surface area (Å²) in [6.45, 7) is 8.31. The van der Waals surface area contributed by atoms with Crippen molar-refractivity contribution in [1.29, 1.82) is 0 Å². The topological polar surface area (TPSA) is 39.1 Å². The van der Waals surface area contributed by atoms with Crippen molar-refractivity contribution in [3.8, 4) is 0 Å². The van der Waals surface area contributed by atoms with Crippen molar-refractivity contribution in [2.24, 2.45) is 7.05 Å². The molecule has 0 spiro atoms. The average molecular weight is 237 g/mol. The SMILES string of the molecule is Cn1nc(NC2CCCOC2)cc1C(C)(C)C. The van der Waals surface area contributed by atoms with Crippen LogP contribution in [0.3, 0.4) is 0 Å². The van der Waals surface area contributed by atoms with Gasteiger partial charge in [-0.2, -0.15) is 5.10 Å². The van der Waals surface area contributed by atoms with Gasteiger partial charge in [-0.05, 0) is 12.8 Å². The molecule has 4 heteroatoms. The zero-order valence-electron chi connectivity index (χ0n) is 11.3. The highest BCUT2D eigenvalue weighted by molar-refractivity contribution is 5.39. The highest BCUT2D eigenvalue weighted by atomic mass is 16.5. The summed E-state index contributed by atoms with van der Waals surface area (Å²) in [7, 11) is 2.00. The third kappa shape index (κ3) is 3.00. The molecule has 1 N–H and O–H groups in total. The molecule has 2 rings (SSSR count). The van der Waals surface area contributed by atoms with E-state index in [9.17, 15) is 0 Å². The molecule has 1 atom stereocenters. The first-order valence-electron chi connectivity index (χ1n) is 6.35. The van der Waals surface area contributed by atoms with Crippen LogP contribution in [0.2, 0.25) is 0 Å². The molecule has 1 fully saturated rings. The Morgan fingerprint density at radius 1 is 1.47 bits per heavy atom. The second kappa shape index (κ2) is 4.69. The van der Waals surface area contributed by atoms with Crippen LogP contribution < -0.4 is 5.32 Å². The number of aromatic nitrogens is 2. The van der Waals surface area contributed by atoms with Crippen LogP contribution in [0.15, 0.2) is 6.07 Å². The number of ether oxygens (including phenoxy) is 1. The predicted molar refractivity (Wildman–Crippen MR) is 69.4 cm³/mol. The van der Waals surface area contributed by atoms with Gasteiger partial charge in [-0.3, -0.25) is 4.68 Å². The first kappa shape index (κ1) is 12.4. The van der Waals surface area contributed by atoms with Crippen molar-refractivity contribution in [2.75, 3.05) is 18.5 Å². The number of nitrogens with zero attached hydrogens (tertiary/aromatic N) is 2. The van der Waals surface area contributed by atoms with Crippen molar-refractivity contribution in [3.63, 3.8) is 0 Å². The molecule has 0 amide bonds. The van der Waals surface area contributed by atoms with Gasteiger partial charge in [-0.1, -0.05) is 20.8 Å². The lowest BCUT2D eigenvalue weighted by Crippen LogP contribution is -2.30. The molecule has 0 aromatic carbocycles. The molecule has 1 saturated heterocycles. The van der Waals surface area contributed by atoms with Crippen molar-refractivity contribution in [3.05, 3.63) is 11.8 Å². The third-order valence-corrected chi connectivity index (χ3v) is 3.16. The molecular weight excluding hydrogens is 214 g/mol. The monoisotopic (exact) mass is 237 g/mol. The summed E-state index contributed by atoms with van der Waals surface area (Å²) in [6, 6.07) is 2.56. The maximum absolute atomic E-state index is 5.46. The maximum atomic E-state index is 5.46. The summed E-state index contributed by atoms with van der Waals surface area (Å²) in [6.07, 6.45) is 2.30. The molecule has 1 aliphatic rings. The molecule has 4 nitrogen and oxygen atoms in total. The van der Waals surface area contributed by atoms with Gasteiger partial charge in [0.05, 0.1) is 12.6 Å². The van der Waals surface area contributed by atoms with Gasteiger partial charge in [0.15, 0.2) is 0 Å². The fourth-order valence-corrected chi connectivity index (χ4v) is 2.30. The lowest BCUT2D eigenvalue weighted by molar-refractivity contribution is 0.0875. The normalized spacial score (nSPS) is 21.5. The highest BCUT2D eigenvalue weighted by Gasteiger charge is 2.21. The molecule has 96 valence electrons. The van der Waals surface area contributed by atoms with Gasteiger partial charge in [0.25, 0.3) is 0 Å². The van der Waals surface area contributed by atoms with Crippen molar-refractivity contribution in [2.45, 2.75) is 45.1 Å². The molecule has 0 bridgehead atoms. The van der Waals surface area contributed by atoms with Crippen LogP contribution in [0, 0.1) is 0 Å². The van der Waals surface area contributed by atoms with Crippen LogP contribution in [-0.4, -0.2) is 29.0 Å². The number of nitrogens with one attached hydrogen (secondary N) is 1. The lowest BCUT2D eigenvalue weighted by atomic mass is 9.92. The van der Waals surface area contributed by atoms with E-state index in [-0.39, 0.29) is 5.41 Å². The van der Waals surface area contributed by atoms with Crippen molar-refractivity contribution in [1.82, 2.24) is 9.78 Å². The van der Waals surface area contributed by atoms with Gasteiger partial charge < -0.3 is 10.1 Å². The molecule has 1 aromatic heterocycles. The molecule has 1 aromatic rings. The number of aryl methyl sites for hydroxylation is 1. The number of hydrogen-bond acceptors (Lipinski definition) is 3. The molecule has 17 heavy (non-hydrogen) atoms. The molecule has 2 heterocycles. The van der Waals surface area contributed by atoms with E-state index in [1.165, 1.54) is 12.1 Å². The van der Waals surface area contributed by atoms with Crippen LogP contribution in [-0.2, 0) is 17.2 Å². The van der Waals surface area contributed by atoms with E-state index in [1.807, 2.05) is 11.7 Å². The molecule has 0 radical (unpaired) electrons. The number of hydrogen-bond donors (Lipinski definition) is 1. The van der Waals surface area contributed by atoms with Gasteiger partial charge >= 0.3 is 0 Å². The van der Waals surface area contributed by atoms with E-state index < -0.39 is 0 Å². The van der Waals surface area contributed by atoms with Gasteiger partial charge in [0, 0.05) is 30.8 Å². The lowest BCUT2D eigenvalue weighted by Gasteiger charge is -2.22. The van der Waals surface area contributed by atoms with E-state index in [4.69, 9.17) is 4.74 Å². The third-order valence-electron chi connectivity index (χ3n) is 3.16. The molecular formula is C13H23N3O. The molecule has 1 aliphatic heterocycles. The Balaban J connectivity index is 2.06. The Labute approximate surface area is 103 Å².